The summed E-state index contributed by atoms with van der Waals surface area (Å²) in [7, 11) is 0. The number of aryl methyl sites for hydroxylation is 1. The Bertz CT molecular complexity index is 1090. The summed E-state index contributed by atoms with van der Waals surface area (Å²) in [6.07, 6.45) is 0.895. The lowest BCUT2D eigenvalue weighted by Crippen LogP contribution is -2.27. The maximum absolute atomic E-state index is 13.9. The molecule has 0 spiro atoms. The summed E-state index contributed by atoms with van der Waals surface area (Å²) in [6, 6.07) is 9.13. The number of hydrogen-bond acceptors (Lipinski definition) is 4. The largest absolute Gasteiger partial charge is 0.467 e. The molecule has 3 rings (SSSR count). The number of carbonyl (C=O) groups is 2. The Morgan fingerprint density at radius 3 is 2.48 bits per heavy atom. The van der Waals surface area contributed by atoms with Crippen molar-refractivity contribution in [3.05, 3.63) is 71.2 Å². The SMILES string of the molecule is Cc1cc(C(=O)Nc2cc(F)ccc2NC(=O)OC(C)(C)C)c(C)n1Cc1ccco1. The van der Waals surface area contributed by atoms with Gasteiger partial charge >= 0.3 is 6.09 Å². The third kappa shape index (κ3) is 5.53. The van der Waals surface area contributed by atoms with Gasteiger partial charge in [-0.3, -0.25) is 10.1 Å². The van der Waals surface area contributed by atoms with E-state index >= 15 is 0 Å². The van der Waals surface area contributed by atoms with Gasteiger partial charge < -0.3 is 19.0 Å². The van der Waals surface area contributed by atoms with Crippen molar-refractivity contribution in [1.29, 1.82) is 0 Å². The van der Waals surface area contributed by atoms with Gasteiger partial charge in [-0.2, -0.15) is 0 Å². The lowest BCUT2D eigenvalue weighted by Gasteiger charge is -2.20. The number of rotatable bonds is 5. The molecule has 8 heteroatoms. The first-order chi connectivity index (χ1) is 14.5. The van der Waals surface area contributed by atoms with Crippen molar-refractivity contribution < 1.29 is 23.1 Å². The monoisotopic (exact) mass is 427 g/mol. The van der Waals surface area contributed by atoms with E-state index in [1.807, 2.05) is 24.5 Å². The van der Waals surface area contributed by atoms with Crippen molar-refractivity contribution in [1.82, 2.24) is 4.57 Å². The highest BCUT2D eigenvalue weighted by Crippen LogP contribution is 2.26. The van der Waals surface area contributed by atoms with Gasteiger partial charge in [0.1, 0.15) is 17.2 Å². The van der Waals surface area contributed by atoms with Crippen LogP contribution < -0.4 is 10.6 Å². The number of amides is 2. The van der Waals surface area contributed by atoms with Crippen LogP contribution in [0.3, 0.4) is 0 Å². The minimum absolute atomic E-state index is 0.131. The number of anilines is 2. The molecule has 3 aromatic rings. The van der Waals surface area contributed by atoms with Gasteiger partial charge in [0.15, 0.2) is 0 Å². The van der Waals surface area contributed by atoms with E-state index in [0.29, 0.717) is 12.1 Å². The van der Waals surface area contributed by atoms with Crippen LogP contribution in [0.15, 0.2) is 47.1 Å². The topological polar surface area (TPSA) is 85.5 Å². The van der Waals surface area contributed by atoms with E-state index in [1.54, 1.807) is 39.2 Å². The van der Waals surface area contributed by atoms with Gasteiger partial charge in [-0.1, -0.05) is 0 Å². The Balaban J connectivity index is 1.82. The molecule has 7 nitrogen and oxygen atoms in total. The molecule has 2 N–H and O–H groups in total. The summed E-state index contributed by atoms with van der Waals surface area (Å²) in [5, 5.41) is 5.24. The van der Waals surface area contributed by atoms with Crippen LogP contribution in [0.5, 0.6) is 0 Å². The molecule has 0 aliphatic carbocycles. The Kier molecular flexibility index (Phi) is 6.19. The smallest absolute Gasteiger partial charge is 0.412 e. The minimum Gasteiger partial charge on any atom is -0.467 e. The van der Waals surface area contributed by atoms with Crippen molar-refractivity contribution in [2.45, 2.75) is 46.8 Å². The lowest BCUT2D eigenvalue weighted by molar-refractivity contribution is 0.0635. The highest BCUT2D eigenvalue weighted by atomic mass is 19.1. The van der Waals surface area contributed by atoms with Crippen LogP contribution in [-0.4, -0.2) is 22.2 Å². The zero-order valence-corrected chi connectivity index (χ0v) is 18.2. The fraction of sp³-hybridized carbons (Fsp3) is 0.304. The van der Waals surface area contributed by atoms with E-state index in [2.05, 4.69) is 10.6 Å². The first-order valence-corrected chi connectivity index (χ1v) is 9.83. The second kappa shape index (κ2) is 8.67. The Morgan fingerprint density at radius 1 is 1.10 bits per heavy atom. The van der Waals surface area contributed by atoms with Crippen LogP contribution >= 0.6 is 0 Å². The van der Waals surface area contributed by atoms with E-state index in [9.17, 15) is 14.0 Å². The highest BCUT2D eigenvalue weighted by molar-refractivity contribution is 6.07. The van der Waals surface area contributed by atoms with Crippen LogP contribution in [0.25, 0.3) is 0 Å². The Morgan fingerprint density at radius 2 is 1.84 bits per heavy atom. The number of nitrogens with one attached hydrogen (secondary N) is 2. The molecule has 2 heterocycles. The number of aromatic nitrogens is 1. The first-order valence-electron chi connectivity index (χ1n) is 9.83. The first kappa shape index (κ1) is 22.1. The second-order valence-electron chi connectivity index (χ2n) is 8.22. The van der Waals surface area contributed by atoms with Crippen molar-refractivity contribution in [3.8, 4) is 0 Å². The number of hydrogen-bond donors (Lipinski definition) is 2. The van der Waals surface area contributed by atoms with Gasteiger partial charge in [0.05, 0.1) is 29.7 Å². The number of furan rings is 1. The predicted octanol–water partition coefficient (Wildman–Crippen LogP) is 5.48. The molecule has 0 fully saturated rings. The Labute approximate surface area is 180 Å². The second-order valence-corrected chi connectivity index (χ2v) is 8.22. The number of carbonyl (C=O) groups excluding carboxylic acids is 2. The van der Waals surface area contributed by atoms with Crippen LogP contribution in [0.1, 0.15) is 48.3 Å². The van der Waals surface area contributed by atoms with E-state index in [1.165, 1.54) is 12.1 Å². The molecule has 164 valence electrons. The molecule has 0 bridgehead atoms. The summed E-state index contributed by atoms with van der Waals surface area (Å²) < 4.78 is 26.4. The summed E-state index contributed by atoms with van der Waals surface area (Å²) in [4.78, 5) is 25.1. The molecule has 0 aliphatic rings. The molecular formula is C23H26FN3O4. The molecule has 2 aromatic heterocycles. The molecule has 0 aliphatic heterocycles. The van der Waals surface area contributed by atoms with Crippen LogP contribution in [0, 0.1) is 19.7 Å². The highest BCUT2D eigenvalue weighted by Gasteiger charge is 2.20. The maximum atomic E-state index is 13.9. The van der Waals surface area contributed by atoms with Crippen LogP contribution in [0.4, 0.5) is 20.6 Å². The fourth-order valence-electron chi connectivity index (χ4n) is 3.16. The summed E-state index contributed by atoms with van der Waals surface area (Å²) in [5.74, 6) is -0.201. The average Bonchev–Trinajstić information content (AvgIpc) is 3.26. The summed E-state index contributed by atoms with van der Waals surface area (Å²) in [5.41, 5.74) is 1.73. The van der Waals surface area contributed by atoms with Gasteiger partial charge in [-0.25, -0.2) is 9.18 Å². The third-order valence-corrected chi connectivity index (χ3v) is 4.58. The predicted molar refractivity (Wildman–Crippen MR) is 116 cm³/mol. The molecule has 0 saturated carbocycles. The number of benzene rings is 1. The van der Waals surface area contributed by atoms with Crippen molar-refractivity contribution in [2.24, 2.45) is 0 Å². The van der Waals surface area contributed by atoms with Gasteiger partial charge in [0.25, 0.3) is 5.91 Å². The zero-order chi connectivity index (χ0) is 22.8. The standard InChI is InChI=1S/C23H26FN3O4/c1-14-11-18(15(2)27(14)13-17-7-6-10-30-17)21(28)25-20-12-16(24)8-9-19(20)26-22(29)31-23(3,4)5/h6-12H,13H2,1-5H3,(H,25,28)(H,26,29). The minimum atomic E-state index is -0.703. The van der Waals surface area contributed by atoms with Gasteiger partial charge in [-0.15, -0.1) is 0 Å². The third-order valence-electron chi connectivity index (χ3n) is 4.58. The van der Waals surface area contributed by atoms with E-state index in [0.717, 1.165) is 23.2 Å². The number of ether oxygens (including phenoxy) is 1. The lowest BCUT2D eigenvalue weighted by atomic mass is 10.2. The van der Waals surface area contributed by atoms with E-state index in [-0.39, 0.29) is 11.4 Å². The molecule has 0 saturated heterocycles. The summed E-state index contributed by atoms with van der Waals surface area (Å²) >= 11 is 0. The number of halogens is 1. The zero-order valence-electron chi connectivity index (χ0n) is 18.2. The molecule has 1 aromatic carbocycles. The molecule has 0 radical (unpaired) electrons. The molecule has 0 atom stereocenters. The maximum Gasteiger partial charge on any atom is 0.412 e. The van der Waals surface area contributed by atoms with E-state index in [4.69, 9.17) is 9.15 Å². The quantitative estimate of drug-likeness (QED) is 0.564. The van der Waals surface area contributed by atoms with E-state index < -0.39 is 23.4 Å². The van der Waals surface area contributed by atoms with Crippen molar-refractivity contribution >= 4 is 23.4 Å². The van der Waals surface area contributed by atoms with Gasteiger partial charge in [0, 0.05) is 11.4 Å². The molecule has 0 unspecified atom stereocenters. The molecule has 2 amide bonds. The number of nitrogens with zero attached hydrogens (tertiary/aromatic N) is 1. The Hall–Kier alpha value is -3.55. The van der Waals surface area contributed by atoms with Crippen LogP contribution in [0.2, 0.25) is 0 Å². The molecular weight excluding hydrogens is 401 g/mol. The van der Waals surface area contributed by atoms with Crippen molar-refractivity contribution in [3.63, 3.8) is 0 Å². The van der Waals surface area contributed by atoms with Gasteiger partial charge in [-0.05, 0) is 71.0 Å². The van der Waals surface area contributed by atoms with Gasteiger partial charge in [0.2, 0.25) is 0 Å². The summed E-state index contributed by atoms with van der Waals surface area (Å²) in [6.45, 7) is 9.42. The fourth-order valence-corrected chi connectivity index (χ4v) is 3.16. The van der Waals surface area contributed by atoms with Crippen molar-refractivity contribution in [2.75, 3.05) is 10.6 Å². The normalized spacial score (nSPS) is 11.3. The molecule has 31 heavy (non-hydrogen) atoms. The average molecular weight is 427 g/mol. The van der Waals surface area contributed by atoms with Crippen LogP contribution in [-0.2, 0) is 11.3 Å².